The summed E-state index contributed by atoms with van der Waals surface area (Å²) in [6.45, 7) is 3.73. The zero-order valence-corrected chi connectivity index (χ0v) is 12.7. The van der Waals surface area contributed by atoms with E-state index in [1.165, 1.54) is 18.2 Å². The van der Waals surface area contributed by atoms with E-state index in [2.05, 4.69) is 31.3 Å². The number of anilines is 1. The second-order valence-electron chi connectivity index (χ2n) is 4.09. The molecule has 0 amide bonds. The lowest BCUT2D eigenvalue weighted by molar-refractivity contribution is 0.450. The van der Waals surface area contributed by atoms with Crippen LogP contribution in [0, 0.1) is 12.7 Å². The molecule has 106 valence electrons. The molecule has 5 nitrogen and oxygen atoms in total. The number of nitrogens with one attached hydrogen (secondary N) is 1. The number of halogens is 2. The summed E-state index contributed by atoms with van der Waals surface area (Å²) in [7, 11) is 0. The highest BCUT2D eigenvalue weighted by molar-refractivity contribution is 9.10. The molecule has 1 aromatic carbocycles. The molecule has 0 atom stereocenters. The van der Waals surface area contributed by atoms with E-state index in [9.17, 15) is 4.39 Å². The van der Waals surface area contributed by atoms with Gasteiger partial charge in [-0.2, -0.15) is 4.98 Å². The average Bonchev–Trinajstić information content (AvgIpc) is 2.43. The molecule has 0 fully saturated rings. The van der Waals surface area contributed by atoms with Gasteiger partial charge >= 0.3 is 0 Å². The standard InChI is InChI=1S/C13H14BrFN4O/c1-3-11-17-12(19-16)7(2)13(18-11)20-10-5-4-8(15)6-9(10)14/h4-6H,3,16H2,1-2H3,(H,17,18,19). The van der Waals surface area contributed by atoms with Crippen molar-refractivity contribution < 1.29 is 9.13 Å². The zero-order valence-electron chi connectivity index (χ0n) is 11.1. The quantitative estimate of drug-likeness (QED) is 0.659. The third kappa shape index (κ3) is 3.05. The first-order valence-corrected chi connectivity index (χ1v) is 6.81. The van der Waals surface area contributed by atoms with Crippen LogP contribution in [0.4, 0.5) is 10.2 Å². The van der Waals surface area contributed by atoms with E-state index in [4.69, 9.17) is 10.6 Å². The first-order valence-electron chi connectivity index (χ1n) is 6.02. The molecule has 0 aliphatic carbocycles. The van der Waals surface area contributed by atoms with Gasteiger partial charge in [0.25, 0.3) is 0 Å². The van der Waals surface area contributed by atoms with Crippen molar-refractivity contribution in [2.45, 2.75) is 20.3 Å². The van der Waals surface area contributed by atoms with E-state index in [-0.39, 0.29) is 5.82 Å². The van der Waals surface area contributed by atoms with E-state index >= 15 is 0 Å². The summed E-state index contributed by atoms with van der Waals surface area (Å²) in [6, 6.07) is 4.18. The van der Waals surface area contributed by atoms with Crippen molar-refractivity contribution in [2.24, 2.45) is 5.84 Å². The van der Waals surface area contributed by atoms with Crippen molar-refractivity contribution in [3.63, 3.8) is 0 Å². The third-order valence-corrected chi connectivity index (χ3v) is 3.32. The maximum atomic E-state index is 13.1. The molecule has 1 aromatic heterocycles. The Morgan fingerprint density at radius 3 is 2.75 bits per heavy atom. The average molecular weight is 341 g/mol. The Morgan fingerprint density at radius 2 is 2.15 bits per heavy atom. The van der Waals surface area contributed by atoms with Gasteiger partial charge in [-0.3, -0.25) is 0 Å². The molecular formula is C13H14BrFN4O. The summed E-state index contributed by atoms with van der Waals surface area (Å²) >= 11 is 3.25. The first-order chi connectivity index (χ1) is 9.55. The number of hydrogen-bond donors (Lipinski definition) is 2. The second-order valence-corrected chi connectivity index (χ2v) is 4.95. The number of hydrazine groups is 1. The molecule has 0 bridgehead atoms. The van der Waals surface area contributed by atoms with Gasteiger partial charge in [-0.15, -0.1) is 0 Å². The number of aryl methyl sites for hydroxylation is 1. The molecule has 0 aliphatic rings. The molecule has 0 saturated carbocycles. The summed E-state index contributed by atoms with van der Waals surface area (Å²) in [6.07, 6.45) is 0.649. The number of benzene rings is 1. The van der Waals surface area contributed by atoms with E-state index in [0.717, 1.165) is 0 Å². The van der Waals surface area contributed by atoms with Crippen molar-refractivity contribution in [2.75, 3.05) is 5.43 Å². The molecule has 20 heavy (non-hydrogen) atoms. The fourth-order valence-electron chi connectivity index (χ4n) is 1.60. The van der Waals surface area contributed by atoms with Crippen LogP contribution >= 0.6 is 15.9 Å². The molecule has 0 saturated heterocycles. The van der Waals surface area contributed by atoms with Gasteiger partial charge in [0.05, 0.1) is 10.0 Å². The Morgan fingerprint density at radius 1 is 1.40 bits per heavy atom. The summed E-state index contributed by atoms with van der Waals surface area (Å²) in [5.74, 6) is 7.06. The van der Waals surface area contributed by atoms with Crippen LogP contribution in [-0.4, -0.2) is 9.97 Å². The maximum absolute atomic E-state index is 13.1. The van der Waals surface area contributed by atoms with Crippen LogP contribution in [0.1, 0.15) is 18.3 Å². The van der Waals surface area contributed by atoms with Crippen LogP contribution in [-0.2, 0) is 6.42 Å². The monoisotopic (exact) mass is 340 g/mol. The lowest BCUT2D eigenvalue weighted by Crippen LogP contribution is -2.13. The smallest absolute Gasteiger partial charge is 0.227 e. The molecule has 0 spiro atoms. The predicted octanol–water partition coefficient (Wildman–Crippen LogP) is 3.33. The molecular weight excluding hydrogens is 327 g/mol. The molecule has 0 unspecified atom stereocenters. The summed E-state index contributed by atoms with van der Waals surface area (Å²) in [4.78, 5) is 8.56. The maximum Gasteiger partial charge on any atom is 0.227 e. The van der Waals surface area contributed by atoms with Gasteiger partial charge in [-0.25, -0.2) is 15.2 Å². The highest BCUT2D eigenvalue weighted by Crippen LogP contribution is 2.32. The van der Waals surface area contributed by atoms with Gasteiger partial charge < -0.3 is 10.2 Å². The Hall–Kier alpha value is -1.73. The van der Waals surface area contributed by atoms with Crippen LogP contribution in [0.25, 0.3) is 0 Å². The van der Waals surface area contributed by atoms with E-state index in [0.29, 0.717) is 39.7 Å². The molecule has 2 aromatic rings. The fraction of sp³-hybridized carbons (Fsp3) is 0.231. The summed E-state index contributed by atoms with van der Waals surface area (Å²) < 4.78 is 19.3. The van der Waals surface area contributed by atoms with Crippen LogP contribution in [0.2, 0.25) is 0 Å². The highest BCUT2D eigenvalue weighted by atomic mass is 79.9. The van der Waals surface area contributed by atoms with Crippen LogP contribution in [0.3, 0.4) is 0 Å². The lowest BCUT2D eigenvalue weighted by atomic mass is 10.3. The zero-order chi connectivity index (χ0) is 14.7. The topological polar surface area (TPSA) is 73.1 Å². The van der Waals surface area contributed by atoms with Crippen LogP contribution < -0.4 is 16.0 Å². The van der Waals surface area contributed by atoms with Crippen molar-refractivity contribution in [1.29, 1.82) is 0 Å². The van der Waals surface area contributed by atoms with E-state index in [1.54, 1.807) is 6.92 Å². The molecule has 7 heteroatoms. The fourth-order valence-corrected chi connectivity index (χ4v) is 2.03. The Balaban J connectivity index is 2.42. The Kier molecular flexibility index (Phi) is 4.51. The van der Waals surface area contributed by atoms with Gasteiger partial charge in [0.2, 0.25) is 5.88 Å². The predicted molar refractivity (Wildman–Crippen MR) is 78.1 cm³/mol. The number of hydrogen-bond acceptors (Lipinski definition) is 5. The summed E-state index contributed by atoms with van der Waals surface area (Å²) in [5, 5.41) is 0. The Bertz CT molecular complexity index is 636. The minimum absolute atomic E-state index is 0.345. The SMILES string of the molecule is CCc1nc(NN)c(C)c(Oc2ccc(F)cc2Br)n1. The molecule has 3 N–H and O–H groups in total. The van der Waals surface area contributed by atoms with Gasteiger partial charge in [0.1, 0.15) is 23.2 Å². The van der Waals surface area contributed by atoms with Crippen molar-refractivity contribution >= 4 is 21.7 Å². The molecule has 1 heterocycles. The van der Waals surface area contributed by atoms with Crippen molar-refractivity contribution in [3.05, 3.63) is 39.9 Å². The normalized spacial score (nSPS) is 10.4. The van der Waals surface area contributed by atoms with Crippen LogP contribution in [0.5, 0.6) is 11.6 Å². The van der Waals surface area contributed by atoms with Gasteiger partial charge in [-0.05, 0) is 41.1 Å². The minimum atomic E-state index is -0.345. The van der Waals surface area contributed by atoms with Crippen molar-refractivity contribution in [1.82, 2.24) is 9.97 Å². The molecule has 0 radical (unpaired) electrons. The number of nitrogens with two attached hydrogens (primary N) is 1. The first kappa shape index (κ1) is 14.7. The second kappa shape index (κ2) is 6.15. The number of rotatable bonds is 4. The number of nitrogens with zero attached hydrogens (tertiary/aromatic N) is 2. The van der Waals surface area contributed by atoms with Crippen molar-refractivity contribution in [3.8, 4) is 11.6 Å². The highest BCUT2D eigenvalue weighted by Gasteiger charge is 2.13. The van der Waals surface area contributed by atoms with Crippen LogP contribution in [0.15, 0.2) is 22.7 Å². The summed E-state index contributed by atoms with van der Waals surface area (Å²) in [5.41, 5.74) is 3.20. The van der Waals surface area contributed by atoms with E-state index < -0.39 is 0 Å². The minimum Gasteiger partial charge on any atom is -0.437 e. The number of ether oxygens (including phenoxy) is 1. The number of nitrogen functional groups attached to an aromatic ring is 1. The Labute approximate surface area is 124 Å². The third-order valence-electron chi connectivity index (χ3n) is 2.70. The van der Waals surface area contributed by atoms with Gasteiger partial charge in [0, 0.05) is 6.42 Å². The molecule has 2 rings (SSSR count). The van der Waals surface area contributed by atoms with E-state index in [1.807, 2.05) is 6.92 Å². The van der Waals surface area contributed by atoms with Gasteiger partial charge in [0.15, 0.2) is 0 Å². The van der Waals surface area contributed by atoms with Gasteiger partial charge in [-0.1, -0.05) is 6.92 Å². The molecule has 0 aliphatic heterocycles. The number of aromatic nitrogens is 2. The largest absolute Gasteiger partial charge is 0.437 e. The lowest BCUT2D eigenvalue weighted by Gasteiger charge is -2.13.